The summed E-state index contributed by atoms with van der Waals surface area (Å²) in [6.45, 7) is 4.80. The fourth-order valence-electron chi connectivity index (χ4n) is 3.82. The molecule has 0 spiro atoms. The van der Waals surface area contributed by atoms with Crippen LogP contribution in [0.1, 0.15) is 41.6 Å². The number of aromatic nitrogens is 3. The van der Waals surface area contributed by atoms with Gasteiger partial charge in [-0.3, -0.25) is 4.57 Å². The maximum atomic E-state index is 13.1. The molecule has 0 aliphatic carbocycles. The van der Waals surface area contributed by atoms with Gasteiger partial charge in [0.15, 0.2) is 11.4 Å². The van der Waals surface area contributed by atoms with Gasteiger partial charge in [0.05, 0.1) is 16.5 Å². The largest absolute Gasteiger partial charge is 0.478 e. The summed E-state index contributed by atoms with van der Waals surface area (Å²) in [7, 11) is 1.57. The molecule has 3 aromatic carbocycles. The molecule has 0 aliphatic heterocycles. The number of carbonyl (C=O) groups is 1. The van der Waals surface area contributed by atoms with E-state index in [1.54, 1.807) is 19.2 Å². The number of benzene rings is 3. The van der Waals surface area contributed by atoms with Crippen LogP contribution in [0.2, 0.25) is 0 Å². The lowest BCUT2D eigenvalue weighted by atomic mass is 10.1. The van der Waals surface area contributed by atoms with Crippen LogP contribution in [0.25, 0.3) is 5.69 Å². The molecule has 0 amide bonds. The van der Waals surface area contributed by atoms with Gasteiger partial charge in [0, 0.05) is 11.9 Å². The van der Waals surface area contributed by atoms with E-state index in [0.29, 0.717) is 11.6 Å². The Morgan fingerprint density at radius 3 is 2.23 bits per heavy atom. The standard InChI is InChI=1S/C28H26F3N3O4S/c1-17-16-21(38-27(2,3)25(35)36)14-15-22(17)39-23(18-8-6-5-7-9-18)24-32-34(26(37)33(24)4)20-12-10-19(11-13-20)28(29,30)31/h5-16,23H,1-4H3,(H,35,36). The molecular weight excluding hydrogens is 531 g/mol. The minimum atomic E-state index is -4.49. The van der Waals surface area contributed by atoms with Crippen LogP contribution in [-0.2, 0) is 18.0 Å². The highest BCUT2D eigenvalue weighted by molar-refractivity contribution is 7.99. The summed E-state index contributed by atoms with van der Waals surface area (Å²) in [4.78, 5) is 25.4. The minimum absolute atomic E-state index is 0.213. The molecule has 0 aliphatic rings. The normalized spacial score (nSPS) is 12.8. The van der Waals surface area contributed by atoms with E-state index in [1.807, 2.05) is 43.3 Å². The molecule has 0 saturated carbocycles. The summed E-state index contributed by atoms with van der Waals surface area (Å²) in [5.41, 5.74) is -0.818. The topological polar surface area (TPSA) is 86.3 Å². The molecule has 1 unspecified atom stereocenters. The Hall–Kier alpha value is -3.99. The number of rotatable bonds is 8. The second kappa shape index (κ2) is 10.6. The van der Waals surface area contributed by atoms with Gasteiger partial charge in [0.2, 0.25) is 0 Å². The van der Waals surface area contributed by atoms with Gasteiger partial charge in [-0.1, -0.05) is 30.3 Å². The first-order chi connectivity index (χ1) is 18.3. The fraction of sp³-hybridized carbons (Fsp3) is 0.250. The van der Waals surface area contributed by atoms with Crippen LogP contribution < -0.4 is 10.4 Å². The van der Waals surface area contributed by atoms with Crippen molar-refractivity contribution in [2.24, 2.45) is 7.05 Å². The second-order valence-corrected chi connectivity index (χ2v) is 10.6. The van der Waals surface area contributed by atoms with Crippen LogP contribution in [0.3, 0.4) is 0 Å². The third-order valence-corrected chi connectivity index (χ3v) is 7.50. The number of aliphatic carboxylic acids is 1. The van der Waals surface area contributed by atoms with Crippen molar-refractivity contribution in [1.82, 2.24) is 14.3 Å². The Bertz CT molecular complexity index is 1550. The molecular formula is C28H26F3N3O4S. The lowest BCUT2D eigenvalue weighted by molar-refractivity contribution is -0.152. The van der Waals surface area contributed by atoms with Crippen molar-refractivity contribution < 1.29 is 27.8 Å². The van der Waals surface area contributed by atoms with E-state index in [2.05, 4.69) is 5.10 Å². The summed E-state index contributed by atoms with van der Waals surface area (Å²) in [5, 5.41) is 13.5. The molecule has 0 radical (unpaired) electrons. The molecule has 1 N–H and O–H groups in total. The maximum absolute atomic E-state index is 13.1. The van der Waals surface area contributed by atoms with E-state index < -0.39 is 34.2 Å². The predicted molar refractivity (Wildman–Crippen MR) is 141 cm³/mol. The van der Waals surface area contributed by atoms with E-state index in [0.717, 1.165) is 32.8 Å². The van der Waals surface area contributed by atoms with Crippen molar-refractivity contribution in [2.45, 2.75) is 42.7 Å². The SMILES string of the molecule is Cc1cc(OC(C)(C)C(=O)O)ccc1SC(c1ccccc1)c1nn(-c2ccc(C(F)(F)F)cc2)c(=O)n1C. The number of carboxylic acids is 1. The molecule has 4 aromatic rings. The van der Waals surface area contributed by atoms with Gasteiger partial charge < -0.3 is 9.84 Å². The van der Waals surface area contributed by atoms with Crippen LogP contribution in [0.15, 0.2) is 82.5 Å². The van der Waals surface area contributed by atoms with Crippen molar-refractivity contribution in [3.05, 3.63) is 106 Å². The number of halogens is 3. The van der Waals surface area contributed by atoms with E-state index >= 15 is 0 Å². The zero-order valence-corrected chi connectivity index (χ0v) is 22.4. The summed E-state index contributed by atoms with van der Waals surface area (Å²) in [5.74, 6) is -0.283. The molecule has 204 valence electrons. The van der Waals surface area contributed by atoms with Crippen LogP contribution in [0.5, 0.6) is 5.75 Å². The molecule has 1 atom stereocenters. The number of alkyl halides is 3. The smallest absolute Gasteiger partial charge is 0.416 e. The lowest BCUT2D eigenvalue weighted by Crippen LogP contribution is -2.37. The molecule has 4 rings (SSSR count). The van der Waals surface area contributed by atoms with Gasteiger partial charge in [0.25, 0.3) is 0 Å². The third kappa shape index (κ3) is 6.03. The fourth-order valence-corrected chi connectivity index (χ4v) is 5.07. The monoisotopic (exact) mass is 557 g/mol. The van der Waals surface area contributed by atoms with Gasteiger partial charge in [-0.25, -0.2) is 9.59 Å². The quantitative estimate of drug-likeness (QED) is 0.267. The number of carboxylic acid groups (broad SMARTS) is 1. The number of aryl methyl sites for hydroxylation is 1. The van der Waals surface area contributed by atoms with Gasteiger partial charge in [-0.15, -0.1) is 16.9 Å². The van der Waals surface area contributed by atoms with E-state index in [9.17, 15) is 27.9 Å². The first kappa shape index (κ1) is 28.0. The minimum Gasteiger partial charge on any atom is -0.478 e. The molecule has 0 saturated heterocycles. The Morgan fingerprint density at radius 1 is 1.03 bits per heavy atom. The highest BCUT2D eigenvalue weighted by Crippen LogP contribution is 2.41. The number of ether oxygens (including phenoxy) is 1. The average Bonchev–Trinajstić information content (AvgIpc) is 3.17. The first-order valence-corrected chi connectivity index (χ1v) is 12.7. The van der Waals surface area contributed by atoms with Crippen molar-refractivity contribution in [1.29, 1.82) is 0 Å². The van der Waals surface area contributed by atoms with E-state index in [4.69, 9.17) is 4.74 Å². The Balaban J connectivity index is 1.72. The van der Waals surface area contributed by atoms with Crippen LogP contribution >= 0.6 is 11.8 Å². The summed E-state index contributed by atoms with van der Waals surface area (Å²) in [6.07, 6.45) is -4.49. The lowest BCUT2D eigenvalue weighted by Gasteiger charge is -2.22. The molecule has 0 bridgehead atoms. The summed E-state index contributed by atoms with van der Waals surface area (Å²) < 4.78 is 47.2. The van der Waals surface area contributed by atoms with Crippen molar-refractivity contribution in [2.75, 3.05) is 0 Å². The number of nitrogens with zero attached hydrogens (tertiary/aromatic N) is 3. The number of hydrogen-bond donors (Lipinski definition) is 1. The maximum Gasteiger partial charge on any atom is 0.416 e. The third-order valence-electron chi connectivity index (χ3n) is 6.07. The molecule has 1 heterocycles. The van der Waals surface area contributed by atoms with Crippen LogP contribution in [-0.4, -0.2) is 31.0 Å². The Morgan fingerprint density at radius 2 is 1.67 bits per heavy atom. The zero-order valence-electron chi connectivity index (χ0n) is 21.6. The van der Waals surface area contributed by atoms with Gasteiger partial charge in [-0.05, 0) is 74.4 Å². The molecule has 0 fully saturated rings. The van der Waals surface area contributed by atoms with Gasteiger partial charge >= 0.3 is 17.8 Å². The predicted octanol–water partition coefficient (Wildman–Crippen LogP) is 6.02. The Labute approximate surface area is 226 Å². The average molecular weight is 558 g/mol. The van der Waals surface area contributed by atoms with Crippen molar-refractivity contribution in [3.63, 3.8) is 0 Å². The molecule has 7 nitrogen and oxygen atoms in total. The molecule has 11 heteroatoms. The van der Waals surface area contributed by atoms with Crippen molar-refractivity contribution >= 4 is 17.7 Å². The highest BCUT2D eigenvalue weighted by atomic mass is 32.2. The summed E-state index contributed by atoms with van der Waals surface area (Å²) >= 11 is 1.44. The Kier molecular flexibility index (Phi) is 7.65. The number of hydrogen-bond acceptors (Lipinski definition) is 5. The number of thioether (sulfide) groups is 1. The first-order valence-electron chi connectivity index (χ1n) is 11.9. The van der Waals surface area contributed by atoms with Crippen LogP contribution in [0.4, 0.5) is 13.2 Å². The van der Waals surface area contributed by atoms with Gasteiger partial charge in [-0.2, -0.15) is 17.9 Å². The van der Waals surface area contributed by atoms with E-state index in [1.165, 1.54) is 42.3 Å². The summed E-state index contributed by atoms with van der Waals surface area (Å²) in [6, 6.07) is 18.9. The zero-order chi connectivity index (χ0) is 28.5. The second-order valence-electron chi connectivity index (χ2n) is 9.41. The van der Waals surface area contributed by atoms with Crippen LogP contribution in [0, 0.1) is 6.92 Å². The molecule has 39 heavy (non-hydrogen) atoms. The van der Waals surface area contributed by atoms with Gasteiger partial charge in [0.1, 0.15) is 5.75 Å². The van der Waals surface area contributed by atoms with E-state index in [-0.39, 0.29) is 5.69 Å². The highest BCUT2D eigenvalue weighted by Gasteiger charge is 2.31. The molecule has 1 aromatic heterocycles. The van der Waals surface area contributed by atoms with Crippen molar-refractivity contribution in [3.8, 4) is 11.4 Å².